The second kappa shape index (κ2) is 8.08. The molecule has 1 heterocycles. The fourth-order valence-electron chi connectivity index (χ4n) is 2.72. The summed E-state index contributed by atoms with van der Waals surface area (Å²) in [4.78, 5) is 17.0. The summed E-state index contributed by atoms with van der Waals surface area (Å²) in [6.45, 7) is 4.33. The van der Waals surface area contributed by atoms with E-state index in [-0.39, 0.29) is 12.3 Å². The van der Waals surface area contributed by atoms with E-state index in [1.807, 2.05) is 53.9 Å². The molecule has 0 spiro atoms. The number of hydrogen-bond acceptors (Lipinski definition) is 3. The highest BCUT2D eigenvalue weighted by Gasteiger charge is 2.13. The van der Waals surface area contributed by atoms with Crippen LogP contribution in [-0.4, -0.2) is 10.9 Å². The molecule has 0 bridgehead atoms. The van der Waals surface area contributed by atoms with E-state index in [0.29, 0.717) is 5.92 Å². The van der Waals surface area contributed by atoms with Crippen LogP contribution in [0, 0.1) is 0 Å². The Kier molecular flexibility index (Phi) is 5.61. The lowest BCUT2D eigenvalue weighted by molar-refractivity contribution is -0.115. The van der Waals surface area contributed by atoms with Crippen LogP contribution in [0.2, 0.25) is 0 Å². The summed E-state index contributed by atoms with van der Waals surface area (Å²) in [6.07, 6.45) is 1.33. The van der Waals surface area contributed by atoms with Gasteiger partial charge in [0.15, 0.2) is 0 Å². The molecule has 1 amide bonds. The first-order valence-electron chi connectivity index (χ1n) is 8.56. The minimum atomic E-state index is -0.0272. The Morgan fingerprint density at radius 3 is 2.60 bits per heavy atom. The van der Waals surface area contributed by atoms with E-state index >= 15 is 0 Å². The van der Waals surface area contributed by atoms with Gasteiger partial charge in [0.25, 0.3) is 0 Å². The molecule has 1 aromatic heterocycles. The highest BCUT2D eigenvalue weighted by molar-refractivity contribution is 7.13. The summed E-state index contributed by atoms with van der Waals surface area (Å²) in [5.74, 6) is 0.390. The van der Waals surface area contributed by atoms with Crippen LogP contribution in [0.5, 0.6) is 0 Å². The molecule has 3 nitrogen and oxygen atoms in total. The summed E-state index contributed by atoms with van der Waals surface area (Å²) >= 11 is 1.57. The van der Waals surface area contributed by atoms with E-state index < -0.39 is 0 Å². The van der Waals surface area contributed by atoms with Gasteiger partial charge in [-0.3, -0.25) is 4.79 Å². The molecular formula is C21H22N2OS. The van der Waals surface area contributed by atoms with Crippen LogP contribution in [0.1, 0.15) is 37.4 Å². The topological polar surface area (TPSA) is 42.0 Å². The summed E-state index contributed by atoms with van der Waals surface area (Å²) < 4.78 is 0. The molecule has 128 valence electrons. The van der Waals surface area contributed by atoms with E-state index in [4.69, 9.17) is 0 Å². The van der Waals surface area contributed by atoms with Crippen LogP contribution >= 0.6 is 11.3 Å². The zero-order valence-corrected chi connectivity index (χ0v) is 15.3. The predicted molar refractivity (Wildman–Crippen MR) is 105 cm³/mol. The quantitative estimate of drug-likeness (QED) is 0.637. The molecule has 0 radical (unpaired) electrons. The van der Waals surface area contributed by atoms with Crippen molar-refractivity contribution < 1.29 is 4.79 Å². The Balaban J connectivity index is 1.69. The number of benzene rings is 2. The molecule has 3 rings (SSSR count). The Bertz CT molecular complexity index is 842. The van der Waals surface area contributed by atoms with Crippen LogP contribution in [0.25, 0.3) is 10.6 Å². The molecule has 4 heteroatoms. The van der Waals surface area contributed by atoms with E-state index in [2.05, 4.69) is 30.2 Å². The van der Waals surface area contributed by atoms with Gasteiger partial charge in [0.05, 0.1) is 12.1 Å². The first-order valence-corrected chi connectivity index (χ1v) is 9.44. The van der Waals surface area contributed by atoms with Gasteiger partial charge in [0.1, 0.15) is 5.01 Å². The van der Waals surface area contributed by atoms with Gasteiger partial charge in [0.2, 0.25) is 5.91 Å². The number of aromatic nitrogens is 1. The monoisotopic (exact) mass is 350 g/mol. The predicted octanol–water partition coefficient (Wildman–Crippen LogP) is 5.50. The molecule has 0 saturated carbocycles. The zero-order valence-electron chi connectivity index (χ0n) is 14.5. The molecular weight excluding hydrogens is 328 g/mol. The van der Waals surface area contributed by atoms with Crippen LogP contribution in [0.15, 0.2) is 60.0 Å². The van der Waals surface area contributed by atoms with Gasteiger partial charge in [-0.05, 0) is 24.0 Å². The van der Waals surface area contributed by atoms with Crippen molar-refractivity contribution in [1.29, 1.82) is 0 Å². The third-order valence-corrected chi connectivity index (χ3v) is 5.23. The summed E-state index contributed by atoms with van der Waals surface area (Å²) in [5.41, 5.74) is 3.98. The van der Waals surface area contributed by atoms with Crippen LogP contribution < -0.4 is 5.32 Å². The maximum atomic E-state index is 12.4. The lowest BCUT2D eigenvalue weighted by atomic mass is 9.97. The van der Waals surface area contributed by atoms with Gasteiger partial charge in [-0.25, -0.2) is 4.98 Å². The lowest BCUT2D eigenvalue weighted by Gasteiger charge is -2.15. The number of thiazole rings is 1. The van der Waals surface area contributed by atoms with Crippen molar-refractivity contribution in [2.75, 3.05) is 5.32 Å². The SMILES string of the molecule is CC[C@H](C)c1ccccc1NC(=O)Cc1csc(-c2ccccc2)n1. The first-order chi connectivity index (χ1) is 12.2. The lowest BCUT2D eigenvalue weighted by Crippen LogP contribution is -2.16. The standard InChI is InChI=1S/C21H22N2OS/c1-3-15(2)18-11-7-8-12-19(18)23-20(24)13-17-14-25-21(22-17)16-9-5-4-6-10-16/h4-12,14-15H,3,13H2,1-2H3,(H,23,24)/t15-/m0/s1. The third-order valence-electron chi connectivity index (χ3n) is 4.29. The van der Waals surface area contributed by atoms with Gasteiger partial charge in [-0.2, -0.15) is 0 Å². The van der Waals surface area contributed by atoms with Crippen molar-refractivity contribution in [2.24, 2.45) is 0 Å². The second-order valence-corrected chi connectivity index (χ2v) is 6.99. The van der Waals surface area contributed by atoms with Gasteiger partial charge in [-0.15, -0.1) is 11.3 Å². The summed E-state index contributed by atoms with van der Waals surface area (Å²) in [5, 5.41) is 5.96. The number of anilines is 1. The molecule has 3 aromatic rings. The molecule has 0 aliphatic heterocycles. The highest BCUT2D eigenvalue weighted by atomic mass is 32.1. The molecule has 1 atom stereocenters. The Hall–Kier alpha value is -2.46. The Morgan fingerprint density at radius 2 is 1.84 bits per heavy atom. The van der Waals surface area contributed by atoms with Crippen molar-refractivity contribution in [1.82, 2.24) is 4.98 Å². The highest BCUT2D eigenvalue weighted by Crippen LogP contribution is 2.27. The number of rotatable bonds is 6. The van der Waals surface area contributed by atoms with Crippen molar-refractivity contribution in [3.05, 3.63) is 71.2 Å². The molecule has 25 heavy (non-hydrogen) atoms. The van der Waals surface area contributed by atoms with Gasteiger partial charge in [-0.1, -0.05) is 62.4 Å². The van der Waals surface area contributed by atoms with Gasteiger partial charge < -0.3 is 5.32 Å². The molecule has 1 N–H and O–H groups in total. The van der Waals surface area contributed by atoms with Crippen molar-refractivity contribution >= 4 is 22.9 Å². The van der Waals surface area contributed by atoms with Crippen LogP contribution in [-0.2, 0) is 11.2 Å². The smallest absolute Gasteiger partial charge is 0.230 e. The average Bonchev–Trinajstić information content (AvgIpc) is 3.10. The molecule has 0 saturated heterocycles. The number of nitrogens with one attached hydrogen (secondary N) is 1. The number of hydrogen-bond donors (Lipinski definition) is 1. The van der Waals surface area contributed by atoms with Crippen molar-refractivity contribution in [2.45, 2.75) is 32.6 Å². The summed E-state index contributed by atoms with van der Waals surface area (Å²) in [6, 6.07) is 18.1. The third kappa shape index (κ3) is 4.34. The van der Waals surface area contributed by atoms with E-state index in [0.717, 1.165) is 28.4 Å². The van der Waals surface area contributed by atoms with Gasteiger partial charge >= 0.3 is 0 Å². The maximum Gasteiger partial charge on any atom is 0.230 e. The average molecular weight is 350 g/mol. The molecule has 0 unspecified atom stereocenters. The van der Waals surface area contributed by atoms with Crippen molar-refractivity contribution in [3.8, 4) is 10.6 Å². The second-order valence-electron chi connectivity index (χ2n) is 6.13. The normalized spacial score (nSPS) is 11.9. The van der Waals surface area contributed by atoms with Crippen LogP contribution in [0.3, 0.4) is 0 Å². The Labute approximate surface area is 152 Å². The number of carbonyl (C=O) groups is 1. The number of nitrogens with zero attached hydrogens (tertiary/aromatic N) is 1. The molecule has 0 aliphatic carbocycles. The largest absolute Gasteiger partial charge is 0.325 e. The van der Waals surface area contributed by atoms with Crippen molar-refractivity contribution in [3.63, 3.8) is 0 Å². The fourth-order valence-corrected chi connectivity index (χ4v) is 3.55. The zero-order chi connectivity index (χ0) is 17.6. The van der Waals surface area contributed by atoms with E-state index in [1.165, 1.54) is 5.56 Å². The first kappa shape index (κ1) is 17.4. The molecule has 0 aliphatic rings. The van der Waals surface area contributed by atoms with Gasteiger partial charge in [0, 0.05) is 16.6 Å². The van der Waals surface area contributed by atoms with E-state index in [1.54, 1.807) is 11.3 Å². The number of para-hydroxylation sites is 1. The van der Waals surface area contributed by atoms with E-state index in [9.17, 15) is 4.79 Å². The minimum absolute atomic E-state index is 0.0272. The molecule has 2 aromatic carbocycles. The Morgan fingerprint density at radius 1 is 1.12 bits per heavy atom. The maximum absolute atomic E-state index is 12.4. The summed E-state index contributed by atoms with van der Waals surface area (Å²) in [7, 11) is 0. The number of amides is 1. The fraction of sp³-hybridized carbons (Fsp3) is 0.238. The number of carbonyl (C=O) groups excluding carboxylic acids is 1. The van der Waals surface area contributed by atoms with Crippen LogP contribution in [0.4, 0.5) is 5.69 Å². The molecule has 0 fully saturated rings. The minimum Gasteiger partial charge on any atom is -0.325 e.